The predicted octanol–water partition coefficient (Wildman–Crippen LogP) is 2.74. The molecule has 0 N–H and O–H groups in total. The summed E-state index contributed by atoms with van der Waals surface area (Å²) >= 11 is 0. The Morgan fingerprint density at radius 1 is 1.18 bits per heavy atom. The molecule has 1 saturated heterocycles. The van der Waals surface area contributed by atoms with Crippen molar-refractivity contribution in [1.29, 1.82) is 0 Å². The van der Waals surface area contributed by atoms with Gasteiger partial charge in [0.25, 0.3) is 0 Å². The third-order valence-corrected chi connectivity index (χ3v) is 5.05. The van der Waals surface area contributed by atoms with Crippen LogP contribution in [-0.2, 0) is 20.9 Å². The fraction of sp³-hybridized carbons (Fsp3) is 0.286. The summed E-state index contributed by atoms with van der Waals surface area (Å²) in [7, 11) is 2.97. The molecule has 1 atom stereocenters. The smallest absolute Gasteiger partial charge is 0.325 e. The van der Waals surface area contributed by atoms with E-state index in [0.717, 1.165) is 22.5 Å². The zero-order valence-corrected chi connectivity index (χ0v) is 15.8. The normalized spacial score (nSPS) is 16.6. The number of fused-ring (bicyclic) bond motifs is 1. The summed E-state index contributed by atoms with van der Waals surface area (Å²) < 4.78 is 12.0. The molecule has 144 valence electrons. The number of methoxy groups -OCH3 is 2. The molecule has 2 heterocycles. The molecule has 3 aromatic rings. The van der Waals surface area contributed by atoms with Gasteiger partial charge in [0.15, 0.2) is 0 Å². The zero-order chi connectivity index (χ0) is 19.7. The maximum absolute atomic E-state index is 12.7. The van der Waals surface area contributed by atoms with Crippen molar-refractivity contribution in [3.63, 3.8) is 0 Å². The van der Waals surface area contributed by atoms with Crippen LogP contribution in [0, 0.1) is 0 Å². The lowest BCUT2D eigenvalue weighted by molar-refractivity contribution is -0.141. The predicted molar refractivity (Wildman–Crippen MR) is 104 cm³/mol. The minimum absolute atomic E-state index is 0.0231. The van der Waals surface area contributed by atoms with Gasteiger partial charge in [0.1, 0.15) is 18.1 Å². The number of anilines is 1. The number of hydrogen-bond donors (Lipinski definition) is 0. The molecule has 0 saturated carbocycles. The number of ether oxygens (including phenoxy) is 2. The minimum Gasteiger partial charge on any atom is -0.497 e. The average molecular weight is 379 g/mol. The molecule has 1 aliphatic heterocycles. The molecule has 0 bridgehead atoms. The maximum Gasteiger partial charge on any atom is 0.325 e. The van der Waals surface area contributed by atoms with Crippen molar-refractivity contribution >= 4 is 28.6 Å². The van der Waals surface area contributed by atoms with Crippen LogP contribution in [0.5, 0.6) is 5.75 Å². The molecule has 0 radical (unpaired) electrons. The Kier molecular flexibility index (Phi) is 4.73. The first-order chi connectivity index (χ1) is 13.6. The van der Waals surface area contributed by atoms with Gasteiger partial charge in [-0.05, 0) is 24.3 Å². The molecule has 7 heteroatoms. The second-order valence-corrected chi connectivity index (χ2v) is 6.73. The summed E-state index contributed by atoms with van der Waals surface area (Å²) in [5, 5.41) is 0. The zero-order valence-electron chi connectivity index (χ0n) is 15.8. The van der Waals surface area contributed by atoms with Crippen LogP contribution in [0.25, 0.3) is 11.0 Å². The molecule has 0 aliphatic carbocycles. The van der Waals surface area contributed by atoms with Gasteiger partial charge in [0.05, 0.1) is 25.3 Å². The number of hydrogen-bond acceptors (Lipinski definition) is 5. The Hall–Kier alpha value is -3.35. The molecular weight excluding hydrogens is 358 g/mol. The second kappa shape index (κ2) is 7.34. The van der Waals surface area contributed by atoms with Gasteiger partial charge in [-0.15, -0.1) is 0 Å². The largest absolute Gasteiger partial charge is 0.497 e. The molecule has 4 rings (SSSR count). The van der Waals surface area contributed by atoms with Gasteiger partial charge in [-0.2, -0.15) is 0 Å². The molecule has 2 aromatic carbocycles. The third-order valence-electron chi connectivity index (χ3n) is 5.05. The van der Waals surface area contributed by atoms with E-state index in [9.17, 15) is 9.59 Å². The Balaban J connectivity index is 1.69. The number of aromatic nitrogens is 2. The first-order valence-electron chi connectivity index (χ1n) is 9.07. The highest BCUT2D eigenvalue weighted by molar-refractivity contribution is 5.96. The lowest BCUT2D eigenvalue weighted by Gasteiger charge is -2.18. The quantitative estimate of drug-likeness (QED) is 0.638. The number of amides is 1. The SMILES string of the molecule is COC(=O)Cn1c(C2CC(=O)N(c3cccc(OC)c3)C2)nc2ccccc21. The van der Waals surface area contributed by atoms with Crippen LogP contribution < -0.4 is 9.64 Å². The van der Waals surface area contributed by atoms with Gasteiger partial charge >= 0.3 is 5.97 Å². The summed E-state index contributed by atoms with van der Waals surface area (Å²) in [6.07, 6.45) is 0.335. The van der Waals surface area contributed by atoms with Gasteiger partial charge in [-0.1, -0.05) is 18.2 Å². The van der Waals surface area contributed by atoms with Crippen molar-refractivity contribution in [3.8, 4) is 5.75 Å². The molecule has 28 heavy (non-hydrogen) atoms. The number of carbonyl (C=O) groups is 2. The van der Waals surface area contributed by atoms with Crippen LogP contribution in [0.2, 0.25) is 0 Å². The molecule has 1 fully saturated rings. The Bertz CT molecular complexity index is 1040. The van der Waals surface area contributed by atoms with Gasteiger partial charge in [0, 0.05) is 30.6 Å². The Morgan fingerprint density at radius 2 is 2.00 bits per heavy atom. The van der Waals surface area contributed by atoms with E-state index in [1.165, 1.54) is 7.11 Å². The van der Waals surface area contributed by atoms with Gasteiger partial charge in [-0.3, -0.25) is 9.59 Å². The molecule has 7 nitrogen and oxygen atoms in total. The van der Waals surface area contributed by atoms with Crippen molar-refractivity contribution in [2.75, 3.05) is 25.7 Å². The number of para-hydroxylation sites is 2. The number of imidazole rings is 1. The van der Waals surface area contributed by atoms with Crippen molar-refractivity contribution < 1.29 is 19.1 Å². The van der Waals surface area contributed by atoms with E-state index in [2.05, 4.69) is 0 Å². The summed E-state index contributed by atoms with van der Waals surface area (Å²) in [6.45, 7) is 0.562. The minimum atomic E-state index is -0.349. The lowest BCUT2D eigenvalue weighted by Crippen LogP contribution is -2.24. The Morgan fingerprint density at radius 3 is 2.79 bits per heavy atom. The van der Waals surface area contributed by atoms with E-state index in [4.69, 9.17) is 14.5 Å². The third kappa shape index (κ3) is 3.19. The number of benzene rings is 2. The molecule has 1 aliphatic rings. The van der Waals surface area contributed by atoms with Gasteiger partial charge in [-0.25, -0.2) is 4.98 Å². The fourth-order valence-electron chi connectivity index (χ4n) is 3.67. The summed E-state index contributed by atoms with van der Waals surface area (Å²) in [5.74, 6) is 0.987. The number of esters is 1. The van der Waals surface area contributed by atoms with Crippen molar-refractivity contribution in [1.82, 2.24) is 9.55 Å². The van der Waals surface area contributed by atoms with Crippen molar-refractivity contribution in [2.24, 2.45) is 0 Å². The Labute approximate surface area is 162 Å². The fourth-order valence-corrected chi connectivity index (χ4v) is 3.67. The van der Waals surface area contributed by atoms with E-state index < -0.39 is 0 Å². The summed E-state index contributed by atoms with van der Waals surface area (Å²) in [5.41, 5.74) is 2.45. The van der Waals surface area contributed by atoms with Crippen LogP contribution in [0.15, 0.2) is 48.5 Å². The topological polar surface area (TPSA) is 73.7 Å². The maximum atomic E-state index is 12.7. The number of nitrogens with zero attached hydrogens (tertiary/aromatic N) is 3. The standard InChI is InChI=1S/C21H21N3O4/c1-27-16-7-5-6-15(11-16)23-12-14(10-19(23)25)21-22-17-8-3-4-9-18(17)24(21)13-20(26)28-2/h3-9,11,14H,10,12-13H2,1-2H3. The number of carbonyl (C=O) groups excluding carboxylic acids is 2. The van der Waals surface area contributed by atoms with Crippen LogP contribution >= 0.6 is 0 Å². The molecule has 1 amide bonds. The van der Waals surface area contributed by atoms with Gasteiger partial charge in [0.2, 0.25) is 5.91 Å². The number of rotatable bonds is 5. The summed E-state index contributed by atoms with van der Waals surface area (Å²) in [4.78, 5) is 31.1. The average Bonchev–Trinajstić information content (AvgIpc) is 3.28. The van der Waals surface area contributed by atoms with E-state index in [0.29, 0.717) is 18.7 Å². The molecule has 0 spiro atoms. The van der Waals surface area contributed by atoms with Crippen LogP contribution in [0.4, 0.5) is 5.69 Å². The van der Waals surface area contributed by atoms with E-state index in [1.807, 2.05) is 53.1 Å². The van der Waals surface area contributed by atoms with Crippen LogP contribution in [0.3, 0.4) is 0 Å². The molecular formula is C21H21N3O4. The lowest BCUT2D eigenvalue weighted by atomic mass is 10.1. The van der Waals surface area contributed by atoms with E-state index in [1.54, 1.807) is 12.0 Å². The van der Waals surface area contributed by atoms with Crippen LogP contribution in [-0.4, -0.2) is 42.2 Å². The molecule has 1 unspecified atom stereocenters. The van der Waals surface area contributed by atoms with Gasteiger partial charge < -0.3 is 18.9 Å². The highest BCUT2D eigenvalue weighted by Gasteiger charge is 2.35. The first-order valence-corrected chi connectivity index (χ1v) is 9.07. The summed E-state index contributed by atoms with van der Waals surface area (Å²) in [6, 6.07) is 15.1. The monoisotopic (exact) mass is 379 g/mol. The first kappa shape index (κ1) is 18.0. The van der Waals surface area contributed by atoms with Crippen molar-refractivity contribution in [3.05, 3.63) is 54.4 Å². The highest BCUT2D eigenvalue weighted by atomic mass is 16.5. The second-order valence-electron chi connectivity index (χ2n) is 6.73. The highest BCUT2D eigenvalue weighted by Crippen LogP contribution is 2.34. The molecule has 1 aromatic heterocycles. The van der Waals surface area contributed by atoms with E-state index >= 15 is 0 Å². The van der Waals surface area contributed by atoms with Crippen LogP contribution in [0.1, 0.15) is 18.2 Å². The van der Waals surface area contributed by atoms with Crippen molar-refractivity contribution in [2.45, 2.75) is 18.9 Å². The van der Waals surface area contributed by atoms with E-state index in [-0.39, 0.29) is 24.3 Å².